The van der Waals surface area contributed by atoms with Gasteiger partial charge in [-0.05, 0) is 36.8 Å². The Morgan fingerprint density at radius 3 is 2.40 bits per heavy atom. The van der Waals surface area contributed by atoms with Crippen molar-refractivity contribution in [1.29, 1.82) is 0 Å². The minimum absolute atomic E-state index is 0.333. The Kier molecular flexibility index (Phi) is 4.15. The first kappa shape index (κ1) is 13.8. The summed E-state index contributed by atoms with van der Waals surface area (Å²) in [5.74, 6) is -1.65. The first-order chi connectivity index (χ1) is 9.58. The van der Waals surface area contributed by atoms with E-state index in [0.717, 1.165) is 0 Å². The van der Waals surface area contributed by atoms with Crippen LogP contribution < -0.4 is 4.74 Å². The molecule has 2 aromatic carbocycles. The fraction of sp³-hybridized carbons (Fsp3) is 0.125. The Bertz CT molecular complexity index is 619. The van der Waals surface area contributed by atoms with Gasteiger partial charge in [-0.3, -0.25) is 4.79 Å². The summed E-state index contributed by atoms with van der Waals surface area (Å²) in [5, 5.41) is 8.98. The quantitative estimate of drug-likeness (QED) is 0.685. The monoisotopic (exact) mass is 270 g/mol. The van der Waals surface area contributed by atoms with E-state index in [9.17, 15) is 9.59 Å². The lowest BCUT2D eigenvalue weighted by atomic mass is 9.99. The highest BCUT2D eigenvalue weighted by Crippen LogP contribution is 2.18. The summed E-state index contributed by atoms with van der Waals surface area (Å²) in [7, 11) is 0. The molecule has 4 heteroatoms. The number of para-hydroxylation sites is 1. The topological polar surface area (TPSA) is 63.6 Å². The zero-order chi connectivity index (χ0) is 14.5. The lowest BCUT2D eigenvalue weighted by molar-refractivity contribution is -0.138. The third kappa shape index (κ3) is 3.23. The fourth-order valence-corrected chi connectivity index (χ4v) is 1.73. The molecule has 2 aromatic rings. The third-order valence-corrected chi connectivity index (χ3v) is 2.95. The lowest BCUT2D eigenvalue weighted by Gasteiger charge is -2.09. The van der Waals surface area contributed by atoms with E-state index >= 15 is 0 Å². The molecule has 0 aliphatic heterocycles. The van der Waals surface area contributed by atoms with Crippen molar-refractivity contribution in [2.24, 2.45) is 0 Å². The summed E-state index contributed by atoms with van der Waals surface area (Å²) >= 11 is 0. The van der Waals surface area contributed by atoms with Gasteiger partial charge in [0.15, 0.2) is 0 Å². The summed E-state index contributed by atoms with van der Waals surface area (Å²) in [6.45, 7) is 1.57. The van der Waals surface area contributed by atoms with Gasteiger partial charge in [-0.1, -0.05) is 30.3 Å². The van der Waals surface area contributed by atoms with E-state index in [0.29, 0.717) is 16.9 Å². The number of ether oxygens (including phenoxy) is 1. The summed E-state index contributed by atoms with van der Waals surface area (Å²) in [6, 6.07) is 15.2. The van der Waals surface area contributed by atoms with Crippen LogP contribution in [0.3, 0.4) is 0 Å². The van der Waals surface area contributed by atoms with Crippen LogP contribution in [0.4, 0.5) is 0 Å². The Morgan fingerprint density at radius 1 is 1.05 bits per heavy atom. The van der Waals surface area contributed by atoms with Crippen molar-refractivity contribution in [3.63, 3.8) is 0 Å². The number of rotatable bonds is 4. The molecule has 1 atom stereocenters. The van der Waals surface area contributed by atoms with Gasteiger partial charge in [-0.15, -0.1) is 0 Å². The van der Waals surface area contributed by atoms with E-state index in [1.165, 1.54) is 0 Å². The molecule has 0 amide bonds. The molecule has 0 bridgehead atoms. The largest absolute Gasteiger partial charge is 0.481 e. The van der Waals surface area contributed by atoms with Crippen LogP contribution in [0.1, 0.15) is 28.8 Å². The van der Waals surface area contributed by atoms with Crippen LogP contribution in [0.25, 0.3) is 0 Å². The molecule has 0 fully saturated rings. The normalized spacial score (nSPS) is 11.7. The Balaban J connectivity index is 2.18. The molecule has 0 aliphatic carbocycles. The average Bonchev–Trinajstić information content (AvgIpc) is 2.47. The summed E-state index contributed by atoms with van der Waals surface area (Å²) < 4.78 is 5.21. The predicted molar refractivity (Wildman–Crippen MR) is 73.9 cm³/mol. The van der Waals surface area contributed by atoms with Gasteiger partial charge < -0.3 is 9.84 Å². The highest BCUT2D eigenvalue weighted by atomic mass is 16.5. The number of carboxylic acid groups (broad SMARTS) is 1. The zero-order valence-electron chi connectivity index (χ0n) is 10.9. The average molecular weight is 270 g/mol. The number of carboxylic acids is 1. The Labute approximate surface area is 116 Å². The molecule has 102 valence electrons. The molecule has 0 heterocycles. The molecule has 1 N–H and O–H groups in total. The van der Waals surface area contributed by atoms with Crippen LogP contribution in [0.15, 0.2) is 54.6 Å². The first-order valence-corrected chi connectivity index (χ1v) is 6.18. The van der Waals surface area contributed by atoms with Gasteiger partial charge in [0.25, 0.3) is 0 Å². The fourth-order valence-electron chi connectivity index (χ4n) is 1.73. The van der Waals surface area contributed by atoms with E-state index in [-0.39, 0.29) is 0 Å². The second-order valence-electron chi connectivity index (χ2n) is 4.39. The smallest absolute Gasteiger partial charge is 0.343 e. The van der Waals surface area contributed by atoms with Crippen LogP contribution in [-0.4, -0.2) is 17.0 Å². The molecule has 0 radical (unpaired) electrons. The van der Waals surface area contributed by atoms with Crippen molar-refractivity contribution >= 4 is 11.9 Å². The first-order valence-electron chi connectivity index (χ1n) is 6.18. The highest BCUT2D eigenvalue weighted by molar-refractivity contribution is 5.91. The summed E-state index contributed by atoms with van der Waals surface area (Å²) in [5.41, 5.74) is 0.902. The predicted octanol–water partition coefficient (Wildman–Crippen LogP) is 3.09. The maximum atomic E-state index is 12.0. The molecule has 2 rings (SSSR count). The van der Waals surface area contributed by atoms with Crippen LogP contribution >= 0.6 is 0 Å². The number of hydrogen-bond donors (Lipinski definition) is 1. The SMILES string of the molecule is CC(C(=O)O)c1cccc(C(=O)Oc2ccccc2)c1. The third-order valence-electron chi connectivity index (χ3n) is 2.95. The van der Waals surface area contributed by atoms with E-state index in [1.807, 2.05) is 6.07 Å². The Hall–Kier alpha value is -2.62. The van der Waals surface area contributed by atoms with E-state index in [4.69, 9.17) is 9.84 Å². The number of benzene rings is 2. The molecule has 20 heavy (non-hydrogen) atoms. The van der Waals surface area contributed by atoms with Crippen molar-refractivity contribution < 1.29 is 19.4 Å². The second-order valence-corrected chi connectivity index (χ2v) is 4.39. The van der Waals surface area contributed by atoms with Gasteiger partial charge in [0.05, 0.1) is 11.5 Å². The minimum Gasteiger partial charge on any atom is -0.481 e. The molecule has 0 spiro atoms. The maximum absolute atomic E-state index is 12.0. The maximum Gasteiger partial charge on any atom is 0.343 e. The van der Waals surface area contributed by atoms with E-state index in [1.54, 1.807) is 55.5 Å². The van der Waals surface area contributed by atoms with Crippen molar-refractivity contribution in [3.8, 4) is 5.75 Å². The van der Waals surface area contributed by atoms with E-state index in [2.05, 4.69) is 0 Å². The van der Waals surface area contributed by atoms with Crippen molar-refractivity contribution in [3.05, 3.63) is 65.7 Å². The number of carbonyl (C=O) groups is 2. The van der Waals surface area contributed by atoms with Crippen molar-refractivity contribution in [2.45, 2.75) is 12.8 Å². The summed E-state index contributed by atoms with van der Waals surface area (Å²) in [4.78, 5) is 22.9. The molecule has 4 nitrogen and oxygen atoms in total. The number of hydrogen-bond acceptors (Lipinski definition) is 3. The van der Waals surface area contributed by atoms with Crippen LogP contribution in [-0.2, 0) is 4.79 Å². The standard InChI is InChI=1S/C16H14O4/c1-11(15(17)18)12-6-5-7-13(10-12)16(19)20-14-8-3-2-4-9-14/h2-11H,1H3,(H,17,18). The van der Waals surface area contributed by atoms with Crippen LogP contribution in [0.5, 0.6) is 5.75 Å². The summed E-state index contributed by atoms with van der Waals surface area (Å²) in [6.07, 6.45) is 0. The molecule has 0 saturated heterocycles. The molecular weight excluding hydrogens is 256 g/mol. The van der Waals surface area contributed by atoms with Gasteiger partial charge >= 0.3 is 11.9 Å². The van der Waals surface area contributed by atoms with Gasteiger partial charge in [0, 0.05) is 0 Å². The van der Waals surface area contributed by atoms with Gasteiger partial charge in [-0.2, -0.15) is 0 Å². The number of esters is 1. The number of carbonyl (C=O) groups excluding carboxylic acids is 1. The molecular formula is C16H14O4. The van der Waals surface area contributed by atoms with Crippen molar-refractivity contribution in [2.75, 3.05) is 0 Å². The molecule has 0 aliphatic rings. The number of aliphatic carboxylic acids is 1. The van der Waals surface area contributed by atoms with Gasteiger partial charge in [0.1, 0.15) is 5.75 Å². The minimum atomic E-state index is -0.932. The Morgan fingerprint density at radius 2 is 1.75 bits per heavy atom. The van der Waals surface area contributed by atoms with E-state index < -0.39 is 17.9 Å². The van der Waals surface area contributed by atoms with Gasteiger partial charge in [-0.25, -0.2) is 4.79 Å². The van der Waals surface area contributed by atoms with Crippen LogP contribution in [0, 0.1) is 0 Å². The second kappa shape index (κ2) is 6.02. The molecule has 0 saturated carbocycles. The molecule has 1 unspecified atom stereocenters. The van der Waals surface area contributed by atoms with Crippen LogP contribution in [0.2, 0.25) is 0 Å². The lowest BCUT2D eigenvalue weighted by Crippen LogP contribution is -2.11. The van der Waals surface area contributed by atoms with Crippen molar-refractivity contribution in [1.82, 2.24) is 0 Å². The molecule has 0 aromatic heterocycles. The van der Waals surface area contributed by atoms with Gasteiger partial charge in [0.2, 0.25) is 0 Å². The highest BCUT2D eigenvalue weighted by Gasteiger charge is 2.16. The zero-order valence-corrected chi connectivity index (χ0v) is 10.9.